The van der Waals surface area contributed by atoms with Gasteiger partial charge in [-0.3, -0.25) is 14.5 Å². The molecule has 0 bridgehead atoms. The van der Waals surface area contributed by atoms with E-state index in [0.717, 1.165) is 30.2 Å². The smallest absolute Gasteiger partial charge is 0.293 e. The fraction of sp³-hybridized carbons (Fsp3) is 0.238. The van der Waals surface area contributed by atoms with Crippen molar-refractivity contribution in [1.82, 2.24) is 4.90 Å². The Labute approximate surface area is 188 Å². The molecule has 0 aromatic heterocycles. The lowest BCUT2D eigenvalue weighted by Crippen LogP contribution is -2.29. The largest absolute Gasteiger partial charge is 0.486 e. The summed E-state index contributed by atoms with van der Waals surface area (Å²) >= 11 is 19.8. The van der Waals surface area contributed by atoms with Crippen molar-refractivity contribution < 1.29 is 14.3 Å². The van der Waals surface area contributed by atoms with Gasteiger partial charge in [-0.1, -0.05) is 66.3 Å². The number of unbranched alkanes of at least 4 members (excludes halogenated alkanes) is 1. The Hall–Kier alpha value is -1.66. The fourth-order valence-corrected chi connectivity index (χ4v) is 4.39. The van der Waals surface area contributed by atoms with Gasteiger partial charge in [-0.2, -0.15) is 0 Å². The molecule has 0 saturated carbocycles. The van der Waals surface area contributed by atoms with E-state index in [2.05, 4.69) is 0 Å². The number of hydrogen-bond donors (Lipinski definition) is 0. The molecule has 2 aromatic carbocycles. The molecular weight excluding hydrogens is 453 g/mol. The maximum absolute atomic E-state index is 12.5. The first-order valence-corrected chi connectivity index (χ1v) is 11.0. The van der Waals surface area contributed by atoms with E-state index >= 15 is 0 Å². The van der Waals surface area contributed by atoms with Crippen molar-refractivity contribution in [2.24, 2.45) is 0 Å². The maximum atomic E-state index is 12.5. The van der Waals surface area contributed by atoms with Crippen LogP contribution in [-0.2, 0) is 11.4 Å². The average Bonchev–Trinajstić information content (AvgIpc) is 2.93. The van der Waals surface area contributed by atoms with Gasteiger partial charge in [0.25, 0.3) is 11.1 Å². The van der Waals surface area contributed by atoms with Crippen LogP contribution in [0.3, 0.4) is 0 Å². The van der Waals surface area contributed by atoms with Crippen molar-refractivity contribution in [2.75, 3.05) is 6.54 Å². The molecule has 0 unspecified atom stereocenters. The lowest BCUT2D eigenvalue weighted by Gasteiger charge is -2.12. The molecule has 1 aliphatic rings. The van der Waals surface area contributed by atoms with Gasteiger partial charge in [-0.15, -0.1) is 0 Å². The lowest BCUT2D eigenvalue weighted by atomic mass is 10.2. The third-order valence-electron chi connectivity index (χ3n) is 4.26. The first-order valence-electron chi connectivity index (χ1n) is 9.01. The molecule has 0 radical (unpaired) electrons. The van der Waals surface area contributed by atoms with Crippen LogP contribution in [0, 0.1) is 0 Å². The third-order valence-corrected chi connectivity index (χ3v) is 6.09. The van der Waals surface area contributed by atoms with E-state index in [1.807, 2.05) is 25.1 Å². The summed E-state index contributed by atoms with van der Waals surface area (Å²) < 4.78 is 5.76. The summed E-state index contributed by atoms with van der Waals surface area (Å²) in [4.78, 5) is 26.2. The highest BCUT2D eigenvalue weighted by Gasteiger charge is 2.34. The van der Waals surface area contributed by atoms with Crippen molar-refractivity contribution in [2.45, 2.75) is 26.4 Å². The Morgan fingerprint density at radius 3 is 2.41 bits per heavy atom. The van der Waals surface area contributed by atoms with E-state index in [-0.39, 0.29) is 17.8 Å². The van der Waals surface area contributed by atoms with Crippen LogP contribution >= 0.6 is 46.6 Å². The number of carbonyl (C=O) groups is 2. The first kappa shape index (κ1) is 22.0. The molecule has 29 heavy (non-hydrogen) atoms. The molecule has 8 heteroatoms. The standard InChI is InChI=1S/C21H18Cl3NO3S/c1-2-3-8-25-20(26)18(29-21(25)27)11-13-9-16(23)19(17(24)10-13)28-12-14-6-4-5-7-15(14)22/h4-7,9-11H,2-3,8,12H2,1H3/b18-11-. The summed E-state index contributed by atoms with van der Waals surface area (Å²) in [7, 11) is 0. The van der Waals surface area contributed by atoms with Crippen LogP contribution in [-0.4, -0.2) is 22.6 Å². The van der Waals surface area contributed by atoms with Crippen LogP contribution in [0.4, 0.5) is 4.79 Å². The number of ether oxygens (including phenoxy) is 1. The molecule has 0 spiro atoms. The first-order chi connectivity index (χ1) is 13.9. The number of amides is 2. The summed E-state index contributed by atoms with van der Waals surface area (Å²) in [5.41, 5.74) is 1.43. The summed E-state index contributed by atoms with van der Waals surface area (Å²) in [5, 5.41) is 0.948. The molecule has 2 amide bonds. The molecule has 1 heterocycles. The van der Waals surface area contributed by atoms with Gasteiger partial charge < -0.3 is 4.74 Å². The van der Waals surface area contributed by atoms with Gasteiger partial charge >= 0.3 is 0 Å². The van der Waals surface area contributed by atoms with Crippen molar-refractivity contribution in [3.63, 3.8) is 0 Å². The number of carbonyl (C=O) groups excluding carboxylic acids is 2. The van der Waals surface area contributed by atoms with Gasteiger partial charge in [-0.05, 0) is 48.0 Å². The number of thioether (sulfide) groups is 1. The zero-order valence-electron chi connectivity index (χ0n) is 15.6. The lowest BCUT2D eigenvalue weighted by molar-refractivity contribution is -0.122. The Morgan fingerprint density at radius 2 is 1.76 bits per heavy atom. The van der Waals surface area contributed by atoms with Crippen molar-refractivity contribution in [3.05, 3.63) is 67.5 Å². The molecular formula is C21H18Cl3NO3S. The SMILES string of the molecule is CCCCN1C(=O)S/C(=C\c2cc(Cl)c(OCc3ccccc3Cl)c(Cl)c2)C1=O. The number of hydrogen-bond acceptors (Lipinski definition) is 4. The minimum Gasteiger partial charge on any atom is -0.486 e. The summed E-state index contributed by atoms with van der Waals surface area (Å²) in [6.07, 6.45) is 3.30. The topological polar surface area (TPSA) is 46.6 Å². The Kier molecular flexibility index (Phi) is 7.52. The van der Waals surface area contributed by atoms with E-state index in [9.17, 15) is 9.59 Å². The van der Waals surface area contributed by atoms with Gasteiger partial charge in [0, 0.05) is 17.1 Å². The van der Waals surface area contributed by atoms with Crippen molar-refractivity contribution in [3.8, 4) is 5.75 Å². The second-order valence-corrected chi connectivity index (χ2v) is 8.60. The van der Waals surface area contributed by atoms with Gasteiger partial charge in [0.05, 0.1) is 15.0 Å². The quantitative estimate of drug-likeness (QED) is 0.406. The Bertz CT molecular complexity index is 954. The highest BCUT2D eigenvalue weighted by atomic mass is 35.5. The van der Waals surface area contributed by atoms with Crippen LogP contribution in [0.1, 0.15) is 30.9 Å². The monoisotopic (exact) mass is 469 g/mol. The summed E-state index contributed by atoms with van der Waals surface area (Å²) in [6.45, 7) is 2.65. The minimum absolute atomic E-state index is 0.217. The summed E-state index contributed by atoms with van der Waals surface area (Å²) in [5.74, 6) is 0.0428. The van der Waals surface area contributed by atoms with Crippen LogP contribution < -0.4 is 4.74 Å². The normalized spacial score (nSPS) is 15.4. The molecule has 152 valence electrons. The van der Waals surface area contributed by atoms with Crippen LogP contribution in [0.15, 0.2) is 41.3 Å². The highest BCUT2D eigenvalue weighted by Crippen LogP contribution is 2.38. The van der Waals surface area contributed by atoms with Crippen LogP contribution in [0.5, 0.6) is 5.75 Å². The zero-order valence-corrected chi connectivity index (χ0v) is 18.7. The number of rotatable bonds is 7. The van der Waals surface area contributed by atoms with Gasteiger partial charge in [0.2, 0.25) is 0 Å². The molecule has 1 saturated heterocycles. The Morgan fingerprint density at radius 1 is 1.07 bits per heavy atom. The number of nitrogens with zero attached hydrogens (tertiary/aromatic N) is 1. The zero-order chi connectivity index (χ0) is 21.0. The van der Waals surface area contributed by atoms with E-state index in [0.29, 0.717) is 37.8 Å². The van der Waals surface area contributed by atoms with Gasteiger partial charge in [-0.25, -0.2) is 0 Å². The minimum atomic E-state index is -0.292. The summed E-state index contributed by atoms with van der Waals surface area (Å²) in [6, 6.07) is 10.6. The van der Waals surface area contributed by atoms with E-state index < -0.39 is 0 Å². The van der Waals surface area contributed by atoms with Crippen molar-refractivity contribution >= 4 is 63.8 Å². The molecule has 0 N–H and O–H groups in total. The van der Waals surface area contributed by atoms with E-state index in [1.54, 1.807) is 24.3 Å². The molecule has 4 nitrogen and oxygen atoms in total. The molecule has 1 aliphatic heterocycles. The molecule has 0 atom stereocenters. The second-order valence-electron chi connectivity index (χ2n) is 6.38. The third kappa shape index (κ3) is 5.28. The van der Waals surface area contributed by atoms with Gasteiger partial charge in [0.15, 0.2) is 5.75 Å². The van der Waals surface area contributed by atoms with Crippen LogP contribution in [0.2, 0.25) is 15.1 Å². The molecule has 1 fully saturated rings. The number of benzene rings is 2. The predicted octanol–water partition coefficient (Wildman–Crippen LogP) is 7.06. The molecule has 0 aliphatic carbocycles. The van der Waals surface area contributed by atoms with Gasteiger partial charge in [0.1, 0.15) is 6.61 Å². The van der Waals surface area contributed by atoms with Crippen molar-refractivity contribution in [1.29, 1.82) is 0 Å². The van der Waals surface area contributed by atoms with E-state index in [1.165, 1.54) is 4.90 Å². The van der Waals surface area contributed by atoms with Crippen LogP contribution in [0.25, 0.3) is 6.08 Å². The predicted molar refractivity (Wildman–Crippen MR) is 120 cm³/mol. The highest BCUT2D eigenvalue weighted by molar-refractivity contribution is 8.18. The second kappa shape index (κ2) is 9.90. The number of imide groups is 1. The number of halogens is 3. The molecule has 2 aromatic rings. The fourth-order valence-electron chi connectivity index (χ4n) is 2.73. The molecule has 3 rings (SSSR count). The van der Waals surface area contributed by atoms with E-state index in [4.69, 9.17) is 39.5 Å². The average molecular weight is 471 g/mol. The Balaban J connectivity index is 1.77. The maximum Gasteiger partial charge on any atom is 0.293 e.